The smallest absolute Gasteiger partial charge is 0.271 e. The van der Waals surface area contributed by atoms with Crippen LogP contribution in [0.5, 0.6) is 0 Å². The molecule has 0 bridgehead atoms. The summed E-state index contributed by atoms with van der Waals surface area (Å²) in [7, 11) is 0. The molecule has 0 spiro atoms. The minimum absolute atomic E-state index is 0.174. The van der Waals surface area contributed by atoms with Crippen LogP contribution in [0.15, 0.2) is 12.1 Å². The van der Waals surface area contributed by atoms with Gasteiger partial charge in [0.25, 0.3) is 5.91 Å². The predicted molar refractivity (Wildman–Crippen MR) is 75.1 cm³/mol. The van der Waals surface area contributed by atoms with Crippen LogP contribution in [-0.4, -0.2) is 28.7 Å². The molecule has 1 aromatic rings. The average molecular weight is 262 g/mol. The number of hydrogen-bond acceptors (Lipinski definition) is 4. The molecule has 0 aromatic carbocycles. The Balaban J connectivity index is 1.96. The van der Waals surface area contributed by atoms with E-state index in [0.29, 0.717) is 24.2 Å². The molecule has 5 heteroatoms. The van der Waals surface area contributed by atoms with Crippen LogP contribution in [0.2, 0.25) is 0 Å². The maximum atomic E-state index is 11.6. The summed E-state index contributed by atoms with van der Waals surface area (Å²) < 4.78 is 0. The summed E-state index contributed by atoms with van der Waals surface area (Å²) in [6, 6.07) is 4.02. The lowest BCUT2D eigenvalue weighted by molar-refractivity contribution is 0.0950. The van der Waals surface area contributed by atoms with Gasteiger partial charge < -0.3 is 10.6 Å². The maximum absolute atomic E-state index is 11.6. The molecule has 1 heterocycles. The second-order valence-electron chi connectivity index (χ2n) is 5.18. The zero-order chi connectivity index (χ0) is 13.7. The molecule has 1 amide bonds. The molecule has 2 rings (SSSR count). The van der Waals surface area contributed by atoms with E-state index in [9.17, 15) is 4.79 Å². The van der Waals surface area contributed by atoms with E-state index in [2.05, 4.69) is 27.8 Å². The van der Waals surface area contributed by atoms with Crippen molar-refractivity contribution in [3.05, 3.63) is 17.8 Å². The third kappa shape index (κ3) is 3.66. The Hall–Kier alpha value is -1.65. The second-order valence-corrected chi connectivity index (χ2v) is 5.18. The van der Waals surface area contributed by atoms with Gasteiger partial charge in [-0.3, -0.25) is 4.79 Å². The lowest BCUT2D eigenvalue weighted by atomic mass is 9.86. The Morgan fingerprint density at radius 2 is 2.11 bits per heavy atom. The fourth-order valence-corrected chi connectivity index (χ4v) is 2.50. The number of nitrogens with zero attached hydrogens (tertiary/aromatic N) is 2. The highest BCUT2D eigenvalue weighted by Gasteiger charge is 2.21. The van der Waals surface area contributed by atoms with Crippen molar-refractivity contribution in [2.24, 2.45) is 5.92 Å². The van der Waals surface area contributed by atoms with Crippen LogP contribution >= 0.6 is 0 Å². The monoisotopic (exact) mass is 262 g/mol. The van der Waals surface area contributed by atoms with Crippen LogP contribution in [0.3, 0.4) is 0 Å². The molecule has 0 saturated heterocycles. The molecule has 1 saturated carbocycles. The van der Waals surface area contributed by atoms with Gasteiger partial charge in [-0.25, -0.2) is 0 Å². The molecule has 5 nitrogen and oxygen atoms in total. The van der Waals surface area contributed by atoms with Gasteiger partial charge in [0.1, 0.15) is 5.82 Å². The Morgan fingerprint density at radius 3 is 2.74 bits per heavy atom. The molecular formula is C14H22N4O. The molecule has 104 valence electrons. The Bertz CT molecular complexity index is 418. The first-order valence-electron chi connectivity index (χ1n) is 7.09. The SMILES string of the molecule is CCNC(=O)c1ccc(NC2CCCCC2C)nn1. The van der Waals surface area contributed by atoms with Gasteiger partial charge in [0.2, 0.25) is 0 Å². The fourth-order valence-electron chi connectivity index (χ4n) is 2.50. The number of carbonyl (C=O) groups excluding carboxylic acids is 1. The van der Waals surface area contributed by atoms with Crippen molar-refractivity contribution in [1.82, 2.24) is 15.5 Å². The van der Waals surface area contributed by atoms with E-state index in [1.807, 2.05) is 13.0 Å². The van der Waals surface area contributed by atoms with Crippen LogP contribution in [-0.2, 0) is 0 Å². The van der Waals surface area contributed by atoms with Crippen molar-refractivity contribution in [1.29, 1.82) is 0 Å². The number of anilines is 1. The van der Waals surface area contributed by atoms with Crippen molar-refractivity contribution in [2.45, 2.75) is 45.6 Å². The number of rotatable bonds is 4. The number of nitrogens with one attached hydrogen (secondary N) is 2. The van der Waals surface area contributed by atoms with Gasteiger partial charge in [0.15, 0.2) is 5.69 Å². The van der Waals surface area contributed by atoms with E-state index in [-0.39, 0.29) is 5.91 Å². The summed E-state index contributed by atoms with van der Waals surface area (Å²) in [6.45, 7) is 4.75. The number of carbonyl (C=O) groups is 1. The van der Waals surface area contributed by atoms with Crippen LogP contribution < -0.4 is 10.6 Å². The first-order chi connectivity index (χ1) is 9.20. The second kappa shape index (κ2) is 6.50. The van der Waals surface area contributed by atoms with Gasteiger partial charge in [-0.05, 0) is 37.8 Å². The van der Waals surface area contributed by atoms with Gasteiger partial charge in [0, 0.05) is 12.6 Å². The van der Waals surface area contributed by atoms with E-state index in [1.165, 1.54) is 25.7 Å². The number of aromatic nitrogens is 2. The highest BCUT2D eigenvalue weighted by Crippen LogP contribution is 2.26. The summed E-state index contributed by atoms with van der Waals surface area (Å²) >= 11 is 0. The van der Waals surface area contributed by atoms with E-state index in [1.54, 1.807) is 6.07 Å². The van der Waals surface area contributed by atoms with Crippen LogP contribution in [0.1, 0.15) is 50.0 Å². The molecule has 0 radical (unpaired) electrons. The van der Waals surface area contributed by atoms with Crippen molar-refractivity contribution in [3.8, 4) is 0 Å². The first-order valence-corrected chi connectivity index (χ1v) is 7.09. The van der Waals surface area contributed by atoms with E-state index in [4.69, 9.17) is 0 Å². The van der Waals surface area contributed by atoms with E-state index in [0.717, 1.165) is 5.82 Å². The van der Waals surface area contributed by atoms with E-state index >= 15 is 0 Å². The first kappa shape index (κ1) is 13.8. The fraction of sp³-hybridized carbons (Fsp3) is 0.643. The minimum Gasteiger partial charge on any atom is -0.366 e. The van der Waals surface area contributed by atoms with Gasteiger partial charge in [-0.15, -0.1) is 10.2 Å². The molecule has 2 atom stereocenters. The standard InChI is InChI=1S/C14H22N4O/c1-3-15-14(19)12-8-9-13(18-17-12)16-11-7-5-4-6-10(11)2/h8-11H,3-7H2,1-2H3,(H,15,19)(H,16,18). The summed E-state index contributed by atoms with van der Waals surface area (Å²) in [5, 5.41) is 14.2. The summed E-state index contributed by atoms with van der Waals surface area (Å²) in [5.41, 5.74) is 0.365. The largest absolute Gasteiger partial charge is 0.366 e. The van der Waals surface area contributed by atoms with Gasteiger partial charge in [-0.1, -0.05) is 19.8 Å². The summed E-state index contributed by atoms with van der Waals surface area (Å²) in [5.74, 6) is 1.25. The Kier molecular flexibility index (Phi) is 4.71. The topological polar surface area (TPSA) is 66.9 Å². The molecule has 19 heavy (non-hydrogen) atoms. The van der Waals surface area contributed by atoms with Crippen molar-refractivity contribution in [3.63, 3.8) is 0 Å². The molecule has 1 fully saturated rings. The van der Waals surface area contributed by atoms with Crippen LogP contribution in [0, 0.1) is 5.92 Å². The maximum Gasteiger partial charge on any atom is 0.271 e. The third-order valence-corrected chi connectivity index (χ3v) is 3.68. The molecule has 2 N–H and O–H groups in total. The van der Waals surface area contributed by atoms with Crippen LogP contribution in [0.4, 0.5) is 5.82 Å². The number of amides is 1. The van der Waals surface area contributed by atoms with E-state index < -0.39 is 0 Å². The van der Waals surface area contributed by atoms with Crippen molar-refractivity contribution >= 4 is 11.7 Å². The normalized spacial score (nSPS) is 22.8. The lowest BCUT2D eigenvalue weighted by Crippen LogP contribution is -2.31. The Labute approximate surface area is 114 Å². The molecule has 1 aliphatic carbocycles. The molecule has 1 aromatic heterocycles. The van der Waals surface area contributed by atoms with Gasteiger partial charge >= 0.3 is 0 Å². The molecule has 0 aliphatic heterocycles. The van der Waals surface area contributed by atoms with Crippen molar-refractivity contribution < 1.29 is 4.79 Å². The predicted octanol–water partition coefficient (Wildman–Crippen LogP) is 2.22. The lowest BCUT2D eigenvalue weighted by Gasteiger charge is -2.29. The molecular weight excluding hydrogens is 240 g/mol. The molecule has 2 unspecified atom stereocenters. The zero-order valence-electron chi connectivity index (χ0n) is 11.6. The highest BCUT2D eigenvalue weighted by molar-refractivity contribution is 5.92. The highest BCUT2D eigenvalue weighted by atomic mass is 16.1. The Morgan fingerprint density at radius 1 is 1.32 bits per heavy atom. The quantitative estimate of drug-likeness (QED) is 0.873. The minimum atomic E-state index is -0.174. The zero-order valence-corrected chi connectivity index (χ0v) is 11.6. The van der Waals surface area contributed by atoms with Crippen molar-refractivity contribution in [2.75, 3.05) is 11.9 Å². The number of hydrogen-bond donors (Lipinski definition) is 2. The van der Waals surface area contributed by atoms with Gasteiger partial charge in [0.05, 0.1) is 0 Å². The molecule has 1 aliphatic rings. The van der Waals surface area contributed by atoms with Gasteiger partial charge in [-0.2, -0.15) is 0 Å². The average Bonchev–Trinajstić information content (AvgIpc) is 2.42. The third-order valence-electron chi connectivity index (χ3n) is 3.68. The van der Waals surface area contributed by atoms with Crippen LogP contribution in [0.25, 0.3) is 0 Å². The summed E-state index contributed by atoms with van der Waals surface area (Å²) in [4.78, 5) is 11.6. The summed E-state index contributed by atoms with van der Waals surface area (Å²) in [6.07, 6.45) is 5.04.